The van der Waals surface area contributed by atoms with Gasteiger partial charge >= 0.3 is 5.62 Å². The van der Waals surface area contributed by atoms with Crippen molar-refractivity contribution in [1.29, 1.82) is 5.26 Å². The van der Waals surface area contributed by atoms with E-state index in [1.54, 1.807) is 30.3 Å². The molecule has 0 fully saturated rings. The fourth-order valence-electron chi connectivity index (χ4n) is 3.31. The molecule has 0 spiro atoms. The number of nitrogens with one attached hydrogen (secondary N) is 1. The molecule has 1 N–H and O–H groups in total. The quantitative estimate of drug-likeness (QED) is 0.278. The molecule has 0 radical (unpaired) electrons. The highest BCUT2D eigenvalue weighted by molar-refractivity contribution is 7.91. The van der Waals surface area contributed by atoms with Gasteiger partial charge in [-0.05, 0) is 42.2 Å². The molecule has 0 aliphatic carbocycles. The molecule has 190 valence electrons. The van der Waals surface area contributed by atoms with Crippen molar-refractivity contribution in [2.24, 2.45) is 0 Å². The van der Waals surface area contributed by atoms with Crippen LogP contribution in [0.3, 0.4) is 0 Å². The molecule has 0 heterocycles. The van der Waals surface area contributed by atoms with Crippen LogP contribution in [0.2, 0.25) is 0 Å². The van der Waals surface area contributed by atoms with Crippen LogP contribution in [-0.4, -0.2) is 41.9 Å². The van der Waals surface area contributed by atoms with Crippen molar-refractivity contribution in [1.82, 2.24) is 4.89 Å². The van der Waals surface area contributed by atoms with Crippen LogP contribution in [0, 0.1) is 11.3 Å². The SMILES string of the molecule is COC(Oc1cc(CCC(C#N)ONS(=O)(=O)c2ccccc2)ccc1-c1ccccc1)S(C)(=O)=O. The van der Waals surface area contributed by atoms with E-state index in [0.717, 1.165) is 17.4 Å². The molecule has 36 heavy (non-hydrogen) atoms. The third-order valence-electron chi connectivity index (χ3n) is 5.09. The number of nitrogens with zero attached hydrogens (tertiary/aromatic N) is 1. The summed E-state index contributed by atoms with van der Waals surface area (Å²) in [5, 5.41) is 9.44. The first kappa shape index (κ1) is 27.3. The number of aryl methyl sites for hydroxylation is 1. The van der Waals surface area contributed by atoms with Gasteiger partial charge in [0.1, 0.15) is 5.75 Å². The summed E-state index contributed by atoms with van der Waals surface area (Å²) in [5.41, 5.74) is 0.699. The molecule has 2 unspecified atom stereocenters. The van der Waals surface area contributed by atoms with E-state index in [1.807, 2.05) is 47.4 Å². The number of rotatable bonds is 12. The second-order valence-corrected chi connectivity index (χ2v) is 11.5. The molecule has 9 nitrogen and oxygen atoms in total. The highest BCUT2D eigenvalue weighted by atomic mass is 32.2. The molecule has 0 aromatic heterocycles. The van der Waals surface area contributed by atoms with Gasteiger partial charge in [-0.15, -0.1) is 0 Å². The molecule has 0 amide bonds. The predicted octanol–water partition coefficient (Wildman–Crippen LogP) is 3.44. The summed E-state index contributed by atoms with van der Waals surface area (Å²) in [7, 11) is -6.37. The third kappa shape index (κ3) is 7.36. The van der Waals surface area contributed by atoms with Crippen LogP contribution >= 0.6 is 0 Å². The van der Waals surface area contributed by atoms with Crippen molar-refractivity contribution in [3.05, 3.63) is 84.4 Å². The van der Waals surface area contributed by atoms with Crippen LogP contribution in [0.25, 0.3) is 11.1 Å². The van der Waals surface area contributed by atoms with Gasteiger partial charge in [0, 0.05) is 18.9 Å². The Hall–Kier alpha value is -3.27. The van der Waals surface area contributed by atoms with E-state index in [2.05, 4.69) is 0 Å². The number of hydrogen-bond donors (Lipinski definition) is 1. The number of nitriles is 1. The fraction of sp³-hybridized carbons (Fsp3) is 0.240. The van der Waals surface area contributed by atoms with Gasteiger partial charge in [-0.3, -0.25) is 4.84 Å². The molecule has 0 bridgehead atoms. The van der Waals surface area contributed by atoms with Crippen molar-refractivity contribution in [3.8, 4) is 22.9 Å². The molecule has 0 aliphatic rings. The molecular formula is C25H26N2O7S2. The second-order valence-electron chi connectivity index (χ2n) is 7.84. The van der Waals surface area contributed by atoms with Gasteiger partial charge < -0.3 is 9.47 Å². The Morgan fingerprint density at radius 2 is 1.58 bits per heavy atom. The van der Waals surface area contributed by atoms with E-state index in [-0.39, 0.29) is 17.1 Å². The zero-order valence-electron chi connectivity index (χ0n) is 19.7. The largest absolute Gasteiger partial charge is 0.450 e. The molecule has 0 aliphatic heterocycles. The summed E-state index contributed by atoms with van der Waals surface area (Å²) >= 11 is 0. The number of benzene rings is 3. The van der Waals surface area contributed by atoms with Crippen molar-refractivity contribution >= 4 is 19.9 Å². The van der Waals surface area contributed by atoms with E-state index in [9.17, 15) is 22.1 Å². The summed E-state index contributed by atoms with van der Waals surface area (Å²) in [4.78, 5) is 7.16. The van der Waals surface area contributed by atoms with Crippen molar-refractivity contribution < 1.29 is 31.1 Å². The van der Waals surface area contributed by atoms with Gasteiger partial charge in [-0.2, -0.15) is 5.26 Å². The van der Waals surface area contributed by atoms with E-state index in [4.69, 9.17) is 14.3 Å². The molecule has 3 aromatic rings. The monoisotopic (exact) mass is 530 g/mol. The lowest BCUT2D eigenvalue weighted by molar-refractivity contribution is 0.0111. The van der Waals surface area contributed by atoms with Crippen LogP contribution in [0.5, 0.6) is 5.75 Å². The Bertz CT molecular complexity index is 1410. The summed E-state index contributed by atoms with van der Waals surface area (Å²) in [5.74, 6) is 0.287. The highest BCUT2D eigenvalue weighted by Gasteiger charge is 2.24. The smallest absolute Gasteiger partial charge is 0.303 e. The van der Waals surface area contributed by atoms with Crippen molar-refractivity contribution in [2.45, 2.75) is 29.5 Å². The van der Waals surface area contributed by atoms with Gasteiger partial charge in [0.25, 0.3) is 10.0 Å². The Kier molecular flexibility index (Phi) is 9.19. The number of ether oxygens (including phenoxy) is 2. The normalized spacial score (nSPS) is 13.5. The summed E-state index contributed by atoms with van der Waals surface area (Å²) in [6.07, 6.45) is 0.438. The molecule has 0 saturated heterocycles. The minimum Gasteiger partial charge on any atom is -0.450 e. The standard InChI is InChI=1S/C25H26N2O7S2/c1-32-25(35(2,28)29)33-24-17-19(14-16-23(24)20-9-5-3-6-10-20)13-15-21(18-26)34-27-36(30,31)22-11-7-4-8-12-22/h3-12,14,16-17,21,25,27H,13,15H2,1-2H3. The first-order valence-corrected chi connectivity index (χ1v) is 14.3. The predicted molar refractivity (Wildman–Crippen MR) is 134 cm³/mol. The van der Waals surface area contributed by atoms with E-state index >= 15 is 0 Å². The average Bonchev–Trinajstić information content (AvgIpc) is 2.87. The van der Waals surface area contributed by atoms with Crippen LogP contribution in [0.1, 0.15) is 12.0 Å². The summed E-state index contributed by atoms with van der Waals surface area (Å²) in [6, 6.07) is 24.2. The number of methoxy groups -OCH3 is 1. The Labute approximate surface area is 211 Å². The minimum absolute atomic E-state index is 0.0126. The van der Waals surface area contributed by atoms with Crippen LogP contribution in [0.4, 0.5) is 0 Å². The van der Waals surface area contributed by atoms with E-state index in [1.165, 1.54) is 19.2 Å². The van der Waals surface area contributed by atoms with E-state index in [0.29, 0.717) is 12.0 Å². The van der Waals surface area contributed by atoms with Gasteiger partial charge in [-0.1, -0.05) is 65.5 Å². The Morgan fingerprint density at radius 1 is 0.944 bits per heavy atom. The Balaban J connectivity index is 1.76. The van der Waals surface area contributed by atoms with Gasteiger partial charge in [-0.25, -0.2) is 16.8 Å². The molecule has 2 atom stereocenters. The maximum atomic E-state index is 12.3. The molecular weight excluding hydrogens is 504 g/mol. The lowest BCUT2D eigenvalue weighted by Crippen LogP contribution is -2.29. The van der Waals surface area contributed by atoms with E-state index < -0.39 is 31.6 Å². The van der Waals surface area contributed by atoms with Crippen LogP contribution in [-0.2, 0) is 35.9 Å². The average molecular weight is 531 g/mol. The first-order valence-electron chi connectivity index (χ1n) is 10.8. The Morgan fingerprint density at radius 3 is 2.17 bits per heavy atom. The van der Waals surface area contributed by atoms with Gasteiger partial charge in [0.05, 0.1) is 11.0 Å². The van der Waals surface area contributed by atoms with Crippen molar-refractivity contribution in [3.63, 3.8) is 0 Å². The lowest BCUT2D eigenvalue weighted by Gasteiger charge is -2.19. The number of sulfonamides is 1. The second kappa shape index (κ2) is 12.1. The lowest BCUT2D eigenvalue weighted by atomic mass is 10.00. The third-order valence-corrected chi connectivity index (χ3v) is 7.29. The maximum Gasteiger partial charge on any atom is 0.303 e. The first-order chi connectivity index (χ1) is 17.1. The van der Waals surface area contributed by atoms with Crippen LogP contribution in [0.15, 0.2) is 83.8 Å². The van der Waals surface area contributed by atoms with Crippen LogP contribution < -0.4 is 9.62 Å². The number of sulfone groups is 1. The topological polar surface area (TPSA) is 132 Å². The van der Waals surface area contributed by atoms with Crippen molar-refractivity contribution in [2.75, 3.05) is 13.4 Å². The number of hydrogen-bond acceptors (Lipinski definition) is 8. The maximum absolute atomic E-state index is 12.3. The molecule has 3 rings (SSSR count). The van der Waals surface area contributed by atoms with Gasteiger partial charge in [0.15, 0.2) is 6.10 Å². The fourth-order valence-corrected chi connectivity index (χ4v) is 4.79. The molecule has 11 heteroatoms. The zero-order valence-corrected chi connectivity index (χ0v) is 21.3. The molecule has 0 saturated carbocycles. The summed E-state index contributed by atoms with van der Waals surface area (Å²) < 4.78 is 59.5. The van der Waals surface area contributed by atoms with Gasteiger partial charge in [0.2, 0.25) is 9.84 Å². The zero-order chi connectivity index (χ0) is 26.2. The molecule has 3 aromatic carbocycles. The highest BCUT2D eigenvalue weighted by Crippen LogP contribution is 2.33. The summed E-state index contributed by atoms with van der Waals surface area (Å²) in [6.45, 7) is 0. The minimum atomic E-state index is -3.94.